The van der Waals surface area contributed by atoms with Gasteiger partial charge in [-0.2, -0.15) is 0 Å². The minimum absolute atomic E-state index is 0.0746. The van der Waals surface area contributed by atoms with E-state index in [0.29, 0.717) is 17.7 Å². The summed E-state index contributed by atoms with van der Waals surface area (Å²) < 4.78 is 15.1. The largest absolute Gasteiger partial charge is 0.450 e. The number of benzene rings is 2. The number of rotatable bonds is 11. The van der Waals surface area contributed by atoms with E-state index < -0.39 is 11.3 Å². The van der Waals surface area contributed by atoms with Gasteiger partial charge in [-0.05, 0) is 84.9 Å². The van der Waals surface area contributed by atoms with E-state index in [1.165, 1.54) is 0 Å². The van der Waals surface area contributed by atoms with E-state index in [2.05, 4.69) is 124 Å². The van der Waals surface area contributed by atoms with Crippen LogP contribution >= 0.6 is 112 Å². The van der Waals surface area contributed by atoms with Crippen molar-refractivity contribution in [3.05, 3.63) is 54.6 Å². The second kappa shape index (κ2) is 12.5. The number of alkyl halides is 7. The van der Waals surface area contributed by atoms with Gasteiger partial charge >= 0.3 is 0 Å². The van der Waals surface area contributed by atoms with E-state index in [-0.39, 0.29) is 10.9 Å². The first-order valence-corrected chi connectivity index (χ1v) is 15.2. The first-order chi connectivity index (χ1) is 14.4. The fourth-order valence-corrected chi connectivity index (χ4v) is 5.79. The molecule has 31 heavy (non-hydrogen) atoms. The van der Waals surface area contributed by atoms with Gasteiger partial charge in [-0.3, -0.25) is 0 Å². The molecule has 0 saturated heterocycles. The summed E-state index contributed by atoms with van der Waals surface area (Å²) in [5.74, 6) is 0.617. The SMILES string of the molecule is CC(C)OC(Br)(Br)C(Br)(Br)C(Br)(OCC(Br)CBr)Oc1cccc(-c2ccccc2)c1. The molecule has 0 radical (unpaired) electrons. The Morgan fingerprint density at radius 2 is 1.48 bits per heavy atom. The predicted molar refractivity (Wildman–Crippen MR) is 154 cm³/mol. The van der Waals surface area contributed by atoms with E-state index in [4.69, 9.17) is 14.2 Å². The molecule has 0 saturated carbocycles. The molecule has 0 spiro atoms. The Labute approximate surface area is 242 Å². The van der Waals surface area contributed by atoms with Crippen LogP contribution in [0.5, 0.6) is 5.75 Å². The van der Waals surface area contributed by atoms with Crippen molar-refractivity contribution in [1.82, 2.24) is 0 Å². The lowest BCUT2D eigenvalue weighted by Gasteiger charge is -2.45. The zero-order chi connectivity index (χ0) is 23.3. The molecule has 2 aromatic carbocycles. The van der Waals surface area contributed by atoms with Crippen LogP contribution in [-0.2, 0) is 9.47 Å². The van der Waals surface area contributed by atoms with Crippen LogP contribution in [0.25, 0.3) is 11.1 Å². The third-order valence-corrected chi connectivity index (χ3v) is 14.1. The third-order valence-electron chi connectivity index (χ3n) is 3.93. The zero-order valence-corrected chi connectivity index (χ0v) is 27.7. The van der Waals surface area contributed by atoms with Gasteiger partial charge in [0.1, 0.15) is 5.75 Å². The molecule has 0 bridgehead atoms. The molecular weight excluding hydrogens is 860 g/mol. The Bertz CT molecular complexity index is 833. The van der Waals surface area contributed by atoms with E-state index in [1.807, 2.05) is 56.3 Å². The molecule has 2 rings (SSSR count). The quantitative estimate of drug-likeness (QED) is 0.167. The van der Waals surface area contributed by atoms with Crippen LogP contribution in [0.4, 0.5) is 0 Å². The average Bonchev–Trinajstić information content (AvgIpc) is 2.71. The second-order valence-electron chi connectivity index (χ2n) is 6.85. The molecule has 172 valence electrons. The highest BCUT2D eigenvalue weighted by molar-refractivity contribution is 9.30. The lowest BCUT2D eigenvalue weighted by Crippen LogP contribution is -2.58. The second-order valence-corrected chi connectivity index (χ2v) is 16.6. The van der Waals surface area contributed by atoms with Gasteiger partial charge in [0.2, 0.25) is 6.65 Å². The number of halogens is 7. The van der Waals surface area contributed by atoms with Crippen LogP contribution in [-0.4, -0.2) is 34.2 Å². The highest BCUT2D eigenvalue weighted by Crippen LogP contribution is 2.59. The summed E-state index contributed by atoms with van der Waals surface area (Å²) in [5.41, 5.74) is 2.13. The highest BCUT2D eigenvalue weighted by atomic mass is 79.9. The number of hydrogen-bond acceptors (Lipinski definition) is 3. The van der Waals surface area contributed by atoms with Crippen molar-refractivity contribution in [2.75, 3.05) is 11.9 Å². The third kappa shape index (κ3) is 7.75. The van der Waals surface area contributed by atoms with Crippen molar-refractivity contribution in [1.29, 1.82) is 0 Å². The van der Waals surface area contributed by atoms with Crippen molar-refractivity contribution in [2.24, 2.45) is 0 Å². The van der Waals surface area contributed by atoms with Crippen molar-refractivity contribution < 1.29 is 14.2 Å². The molecule has 0 N–H and O–H groups in total. The van der Waals surface area contributed by atoms with Crippen molar-refractivity contribution in [3.8, 4) is 16.9 Å². The van der Waals surface area contributed by atoms with Gasteiger partial charge in [0.15, 0.2) is 0 Å². The fraction of sp³-hybridized carbons (Fsp3) is 0.429. The molecule has 0 aliphatic carbocycles. The Morgan fingerprint density at radius 1 is 0.871 bits per heavy atom. The Kier molecular flexibility index (Phi) is 11.6. The van der Waals surface area contributed by atoms with Gasteiger partial charge in [-0.25, -0.2) is 0 Å². The summed E-state index contributed by atoms with van der Waals surface area (Å²) in [7, 11) is 0. The molecule has 0 aliphatic heterocycles. The van der Waals surface area contributed by atoms with Crippen molar-refractivity contribution in [3.63, 3.8) is 0 Å². The summed E-state index contributed by atoms with van der Waals surface area (Å²) >= 11 is 25.4. The molecule has 0 heterocycles. The molecule has 0 aromatic heterocycles. The van der Waals surface area contributed by atoms with Gasteiger partial charge in [-0.15, -0.1) is 0 Å². The van der Waals surface area contributed by atoms with Crippen molar-refractivity contribution in [2.45, 2.75) is 36.1 Å². The summed E-state index contributed by atoms with van der Waals surface area (Å²) in [5, 5.41) is 0.716. The highest BCUT2D eigenvalue weighted by Gasteiger charge is 2.63. The van der Waals surface area contributed by atoms with E-state index in [9.17, 15) is 0 Å². The van der Waals surface area contributed by atoms with Crippen LogP contribution in [0.3, 0.4) is 0 Å². The Hall–Kier alpha value is 1.52. The smallest absolute Gasteiger partial charge is 0.298 e. The number of ether oxygens (including phenoxy) is 3. The molecule has 0 amide bonds. The van der Waals surface area contributed by atoms with E-state index >= 15 is 0 Å². The van der Waals surface area contributed by atoms with Crippen LogP contribution in [0.2, 0.25) is 0 Å². The van der Waals surface area contributed by atoms with Crippen LogP contribution in [0, 0.1) is 0 Å². The minimum Gasteiger partial charge on any atom is -0.450 e. The first kappa shape index (κ1) is 28.8. The topological polar surface area (TPSA) is 27.7 Å². The summed E-state index contributed by atoms with van der Waals surface area (Å²) in [6.07, 6.45) is -0.0853. The standard InChI is InChI=1S/C21H21Br7O3/c1-14(2)30-20(26,27)19(24,25)21(28,29-13-17(23)12-22)31-18-10-6-9-16(11-18)15-7-4-3-5-8-15/h3-11,14,17H,12-13H2,1-2H3. The maximum atomic E-state index is 6.42. The monoisotopic (exact) mass is 874 g/mol. The maximum Gasteiger partial charge on any atom is 0.298 e. The molecule has 2 aromatic rings. The Balaban J connectivity index is 2.42. The normalized spacial score (nSPS) is 15.5. The minimum atomic E-state index is -1.38. The average molecular weight is 881 g/mol. The lowest BCUT2D eigenvalue weighted by atomic mass is 10.1. The number of hydrogen-bond donors (Lipinski definition) is 0. The van der Waals surface area contributed by atoms with Gasteiger partial charge in [0, 0.05) is 10.2 Å². The summed E-state index contributed by atoms with van der Waals surface area (Å²) in [4.78, 5) is 0.0746. The van der Waals surface area contributed by atoms with Crippen LogP contribution < -0.4 is 4.74 Å². The van der Waals surface area contributed by atoms with Gasteiger partial charge in [-0.1, -0.05) is 106 Å². The maximum absolute atomic E-state index is 6.42. The van der Waals surface area contributed by atoms with Gasteiger partial charge in [0.25, 0.3) is 4.70 Å². The lowest BCUT2D eigenvalue weighted by molar-refractivity contribution is -0.127. The van der Waals surface area contributed by atoms with Crippen LogP contribution in [0.1, 0.15) is 13.8 Å². The summed E-state index contributed by atoms with van der Waals surface area (Å²) in [6, 6.07) is 17.9. The Morgan fingerprint density at radius 3 is 2.06 bits per heavy atom. The molecule has 2 atom stereocenters. The molecule has 3 nitrogen and oxygen atoms in total. The predicted octanol–water partition coefficient (Wildman–Crippen LogP) is 9.31. The zero-order valence-electron chi connectivity index (χ0n) is 16.6. The van der Waals surface area contributed by atoms with Crippen LogP contribution in [0.15, 0.2) is 54.6 Å². The molecule has 10 heteroatoms. The van der Waals surface area contributed by atoms with E-state index in [0.717, 1.165) is 11.1 Å². The van der Waals surface area contributed by atoms with E-state index in [1.54, 1.807) is 0 Å². The molecule has 0 aliphatic rings. The van der Waals surface area contributed by atoms with Gasteiger partial charge < -0.3 is 14.2 Å². The molecular formula is C21H21Br7O3. The molecule has 0 fully saturated rings. The first-order valence-electron chi connectivity index (χ1n) is 9.22. The van der Waals surface area contributed by atoms with Crippen molar-refractivity contribution >= 4 is 112 Å². The summed E-state index contributed by atoms with van der Waals surface area (Å²) in [6.45, 7) is 4.23. The fourth-order valence-electron chi connectivity index (χ4n) is 2.49. The molecule has 2 unspecified atom stereocenters. The van der Waals surface area contributed by atoms with Gasteiger partial charge in [0.05, 0.1) is 12.7 Å².